The summed E-state index contributed by atoms with van der Waals surface area (Å²) in [6, 6.07) is 1.30. The number of rotatable bonds is 5. The highest BCUT2D eigenvalue weighted by atomic mass is 16.6. The number of anilines is 1. The van der Waals surface area contributed by atoms with E-state index in [9.17, 15) is 9.59 Å². The van der Waals surface area contributed by atoms with E-state index in [2.05, 4.69) is 15.2 Å². The number of hydrogen-bond donors (Lipinski definition) is 1. The van der Waals surface area contributed by atoms with Gasteiger partial charge in [0.05, 0.1) is 43.2 Å². The Morgan fingerprint density at radius 2 is 2.00 bits per heavy atom. The fourth-order valence-electron chi connectivity index (χ4n) is 3.28. The van der Waals surface area contributed by atoms with E-state index in [4.69, 9.17) is 14.2 Å². The maximum Gasteiger partial charge on any atom is 0.408 e. The zero-order valence-electron chi connectivity index (χ0n) is 18.4. The minimum Gasteiger partial charge on any atom is -0.469 e. The molecule has 0 unspecified atom stereocenters. The number of hydrogen-bond acceptors (Lipinski definition) is 7. The number of methoxy groups -OCH3 is 1. The lowest BCUT2D eigenvalue weighted by Gasteiger charge is -2.39. The predicted octanol–water partition coefficient (Wildman–Crippen LogP) is 3.07. The van der Waals surface area contributed by atoms with Crippen LogP contribution in [0.3, 0.4) is 0 Å². The molecule has 1 aromatic rings. The number of pyridine rings is 1. The molecule has 0 aliphatic carbocycles. The first-order valence-electron chi connectivity index (χ1n) is 9.83. The molecule has 0 spiro atoms. The first-order valence-corrected chi connectivity index (χ1v) is 9.83. The van der Waals surface area contributed by atoms with Crippen LogP contribution in [-0.2, 0) is 19.0 Å². The quantitative estimate of drug-likeness (QED) is 0.750. The van der Waals surface area contributed by atoms with Crippen LogP contribution in [0.25, 0.3) is 0 Å². The molecule has 0 bridgehead atoms. The Balaban J connectivity index is 2.30. The Bertz CT molecular complexity index is 729. The van der Waals surface area contributed by atoms with Gasteiger partial charge in [0, 0.05) is 19.3 Å². The van der Waals surface area contributed by atoms with Gasteiger partial charge in [0.15, 0.2) is 0 Å². The van der Waals surface area contributed by atoms with Gasteiger partial charge in [-0.05, 0) is 53.2 Å². The van der Waals surface area contributed by atoms with Crippen LogP contribution in [0.2, 0.25) is 0 Å². The summed E-state index contributed by atoms with van der Waals surface area (Å²) in [5, 5.41) is 2.81. The summed E-state index contributed by atoms with van der Waals surface area (Å²) in [5.41, 5.74) is 0.701. The predicted molar refractivity (Wildman–Crippen MR) is 110 cm³/mol. The van der Waals surface area contributed by atoms with Crippen molar-refractivity contribution in [2.24, 2.45) is 5.92 Å². The molecule has 0 saturated carbocycles. The van der Waals surface area contributed by atoms with Crippen LogP contribution in [0.1, 0.15) is 53.1 Å². The highest BCUT2D eigenvalue weighted by Gasteiger charge is 2.32. The van der Waals surface area contributed by atoms with Crippen LogP contribution in [0.5, 0.6) is 0 Å². The highest BCUT2D eigenvalue weighted by Crippen LogP contribution is 2.28. The van der Waals surface area contributed by atoms with E-state index in [1.165, 1.54) is 7.11 Å². The fourth-order valence-corrected chi connectivity index (χ4v) is 3.28. The third-order valence-electron chi connectivity index (χ3n) is 4.64. The van der Waals surface area contributed by atoms with Crippen molar-refractivity contribution in [3.8, 4) is 0 Å². The van der Waals surface area contributed by atoms with E-state index in [-0.39, 0.29) is 5.60 Å². The Labute approximate surface area is 172 Å². The Morgan fingerprint density at radius 3 is 2.59 bits per heavy atom. The Kier molecular flexibility index (Phi) is 7.11. The molecule has 2 heterocycles. The number of carbonyl (C=O) groups excluding carboxylic acids is 2. The Morgan fingerprint density at radius 1 is 1.31 bits per heavy atom. The van der Waals surface area contributed by atoms with Crippen molar-refractivity contribution in [2.45, 2.75) is 58.8 Å². The molecule has 1 aliphatic rings. The van der Waals surface area contributed by atoms with Gasteiger partial charge in [-0.3, -0.25) is 9.78 Å². The molecule has 1 amide bonds. The topological polar surface area (TPSA) is 90.0 Å². The lowest BCUT2D eigenvalue weighted by Crippen LogP contribution is -2.48. The van der Waals surface area contributed by atoms with E-state index in [1.54, 1.807) is 40.1 Å². The second-order valence-electron chi connectivity index (χ2n) is 8.94. The molecule has 2 rings (SSSR count). The molecule has 162 valence electrons. The van der Waals surface area contributed by atoms with Gasteiger partial charge in [-0.2, -0.15) is 0 Å². The van der Waals surface area contributed by atoms with Crippen molar-refractivity contribution in [3.05, 3.63) is 24.0 Å². The minimum atomic E-state index is -0.650. The SMILES string of the molecule is COC(=O)[C@@H](C)[C@H](NC(=O)OC(C)(C)C)c1cncc(N2CCOC(C)(C)C2)c1. The number of ether oxygens (including phenoxy) is 3. The maximum atomic E-state index is 12.4. The number of alkyl carbamates (subject to hydrolysis) is 1. The van der Waals surface area contributed by atoms with Gasteiger partial charge in [0.1, 0.15) is 5.60 Å². The zero-order valence-corrected chi connectivity index (χ0v) is 18.4. The first kappa shape index (κ1) is 22.9. The van der Waals surface area contributed by atoms with E-state index in [1.807, 2.05) is 19.9 Å². The molecule has 8 nitrogen and oxygen atoms in total. The monoisotopic (exact) mass is 407 g/mol. The van der Waals surface area contributed by atoms with Gasteiger partial charge in [-0.15, -0.1) is 0 Å². The van der Waals surface area contributed by atoms with Crippen molar-refractivity contribution in [1.82, 2.24) is 10.3 Å². The van der Waals surface area contributed by atoms with E-state index < -0.39 is 29.6 Å². The van der Waals surface area contributed by atoms with E-state index >= 15 is 0 Å². The lowest BCUT2D eigenvalue weighted by atomic mass is 9.95. The lowest BCUT2D eigenvalue weighted by molar-refractivity contribution is -0.145. The summed E-state index contributed by atoms with van der Waals surface area (Å²) in [7, 11) is 1.33. The zero-order chi connectivity index (χ0) is 21.8. The summed E-state index contributed by atoms with van der Waals surface area (Å²) < 4.78 is 16.1. The summed E-state index contributed by atoms with van der Waals surface area (Å²) in [4.78, 5) is 31.1. The summed E-state index contributed by atoms with van der Waals surface area (Å²) in [6.07, 6.45) is 2.82. The number of aromatic nitrogens is 1. The summed E-state index contributed by atoms with van der Waals surface area (Å²) >= 11 is 0. The number of morpholine rings is 1. The van der Waals surface area contributed by atoms with Crippen molar-refractivity contribution in [3.63, 3.8) is 0 Å². The van der Waals surface area contributed by atoms with Crippen LogP contribution >= 0.6 is 0 Å². The molecule has 1 aliphatic heterocycles. The molecule has 0 radical (unpaired) electrons. The number of amides is 1. The standard InChI is InChI=1S/C21H33N3O5/c1-14(18(25)27-7)17(23-19(26)29-20(2,3)4)15-10-16(12-22-11-15)24-8-9-28-21(5,6)13-24/h10-12,14,17H,8-9,13H2,1-7H3,(H,23,26)/t14-,17-/m0/s1. The molecular formula is C21H33N3O5. The van der Waals surface area contributed by atoms with E-state index in [0.29, 0.717) is 12.2 Å². The van der Waals surface area contributed by atoms with E-state index in [0.717, 1.165) is 18.8 Å². The molecule has 1 N–H and O–H groups in total. The third kappa shape index (κ3) is 6.59. The average molecular weight is 408 g/mol. The molecular weight excluding hydrogens is 374 g/mol. The number of carbonyl (C=O) groups is 2. The van der Waals surface area contributed by atoms with Gasteiger partial charge in [0.2, 0.25) is 0 Å². The molecule has 2 atom stereocenters. The van der Waals surface area contributed by atoms with Gasteiger partial charge in [0.25, 0.3) is 0 Å². The second kappa shape index (κ2) is 8.98. The largest absolute Gasteiger partial charge is 0.469 e. The number of nitrogens with one attached hydrogen (secondary N) is 1. The fraction of sp³-hybridized carbons (Fsp3) is 0.667. The van der Waals surface area contributed by atoms with Crippen molar-refractivity contribution >= 4 is 17.7 Å². The second-order valence-corrected chi connectivity index (χ2v) is 8.94. The Hall–Kier alpha value is -2.35. The number of esters is 1. The molecule has 1 aromatic heterocycles. The minimum absolute atomic E-state index is 0.262. The van der Waals surface area contributed by atoms with Crippen LogP contribution in [-0.4, -0.2) is 55.1 Å². The van der Waals surface area contributed by atoms with Crippen molar-refractivity contribution < 1.29 is 23.8 Å². The van der Waals surface area contributed by atoms with Crippen LogP contribution in [0.15, 0.2) is 18.5 Å². The summed E-state index contributed by atoms with van der Waals surface area (Å²) in [6.45, 7) is 13.2. The molecule has 0 aromatic carbocycles. The molecule has 29 heavy (non-hydrogen) atoms. The maximum absolute atomic E-state index is 12.4. The first-order chi connectivity index (χ1) is 13.4. The molecule has 8 heteroatoms. The van der Waals surface area contributed by atoms with Crippen LogP contribution < -0.4 is 10.2 Å². The highest BCUT2D eigenvalue weighted by molar-refractivity contribution is 5.75. The summed E-state index contributed by atoms with van der Waals surface area (Å²) in [5.74, 6) is -1.05. The normalized spacial score (nSPS) is 18.5. The van der Waals surface area contributed by atoms with Crippen molar-refractivity contribution in [1.29, 1.82) is 0 Å². The molecule has 1 saturated heterocycles. The van der Waals surface area contributed by atoms with Crippen LogP contribution in [0.4, 0.5) is 10.5 Å². The van der Waals surface area contributed by atoms with Crippen LogP contribution in [0, 0.1) is 5.92 Å². The molecule has 1 fully saturated rings. The average Bonchev–Trinajstić information content (AvgIpc) is 2.62. The van der Waals surface area contributed by atoms with Crippen molar-refractivity contribution in [2.75, 3.05) is 31.7 Å². The number of nitrogens with zero attached hydrogens (tertiary/aromatic N) is 2. The third-order valence-corrected chi connectivity index (χ3v) is 4.64. The van der Waals surface area contributed by atoms with Gasteiger partial charge in [-0.25, -0.2) is 4.79 Å². The van der Waals surface area contributed by atoms with Gasteiger partial charge < -0.3 is 24.4 Å². The van der Waals surface area contributed by atoms with Gasteiger partial charge >= 0.3 is 12.1 Å². The van der Waals surface area contributed by atoms with Gasteiger partial charge in [-0.1, -0.05) is 0 Å². The smallest absolute Gasteiger partial charge is 0.408 e.